The van der Waals surface area contributed by atoms with Gasteiger partial charge in [0.1, 0.15) is 0 Å². The van der Waals surface area contributed by atoms with Crippen molar-refractivity contribution in [3.63, 3.8) is 0 Å². The van der Waals surface area contributed by atoms with Gasteiger partial charge in [0.25, 0.3) is 0 Å². The average Bonchev–Trinajstić information content (AvgIpc) is 1.50. The Morgan fingerprint density at radius 2 is 0.509 bits per heavy atom. The minimum absolute atomic E-state index is 0.135. The van der Waals surface area contributed by atoms with Gasteiger partial charge in [-0.1, -0.05) is 330 Å². The number of para-hydroxylation sites is 2. The Morgan fingerprint density at radius 3 is 0.927 bits per heavy atom. The Hall–Kier alpha value is -13.4. The first-order valence-electron chi connectivity index (χ1n) is 38.9. The standard InChI is InChI=1S/C54H39N.C54H41N/c1-2-15-37(16-3-1)53-46-22-6-8-24-48(46)54(49-25-9-7-23-47(49)53)38-28-31-42(32-29-38)55-51-27-11-10-21-45(51)50-35-40(30-33-52(50)55)39-18-12-19-41(34-39)44-26-13-17-36-14-4-5-20-43(36)44;1-54(2,3)42-29-24-36(25-30-42)39-16-13-17-40(34-39)41-28-33-51-49(35-41)44-18-11-12-23-50(44)55(51)43-31-26-38(27-32-43)53-47-21-9-7-19-45(47)52(37-14-5-4-6-15-37)46-20-8-10-22-48(46)53/h1-3,6-13,15-19,21-35H,4-5,14,20H2;4-35H,1-3H3. The van der Waals surface area contributed by atoms with E-state index in [-0.39, 0.29) is 5.41 Å². The maximum atomic E-state index is 2.43. The van der Waals surface area contributed by atoms with E-state index in [1.165, 1.54) is 213 Å². The summed E-state index contributed by atoms with van der Waals surface area (Å²) >= 11 is 0. The molecule has 2 nitrogen and oxygen atoms in total. The van der Waals surface area contributed by atoms with Crippen LogP contribution in [-0.2, 0) is 18.3 Å². The Labute approximate surface area is 642 Å². The van der Waals surface area contributed by atoms with E-state index in [2.05, 4.69) is 412 Å². The summed E-state index contributed by atoms with van der Waals surface area (Å²) in [5.41, 5.74) is 31.9. The Morgan fingerprint density at radius 1 is 0.209 bits per heavy atom. The van der Waals surface area contributed by atoms with E-state index in [9.17, 15) is 0 Å². The number of aryl methyl sites for hydroxylation is 1. The fourth-order valence-corrected chi connectivity index (χ4v) is 18.1. The van der Waals surface area contributed by atoms with Crippen LogP contribution < -0.4 is 0 Å². The number of benzene rings is 18. The molecule has 20 aromatic rings. The van der Waals surface area contributed by atoms with Crippen molar-refractivity contribution in [2.45, 2.75) is 51.9 Å². The Balaban J connectivity index is 0.000000144. The summed E-state index contributed by atoms with van der Waals surface area (Å²) < 4.78 is 4.85. The topological polar surface area (TPSA) is 9.86 Å². The molecule has 0 unspecified atom stereocenters. The third-order valence-electron chi connectivity index (χ3n) is 23.3. The fraction of sp³-hybridized carbons (Fsp3) is 0.0741. The monoisotopic (exact) mass is 1400 g/mol. The molecule has 2 heteroatoms. The molecule has 522 valence electrons. The molecular weight excluding hydrogens is 1330 g/mol. The van der Waals surface area contributed by atoms with Crippen LogP contribution in [0.25, 0.3) is 187 Å². The molecule has 0 atom stereocenters. The van der Waals surface area contributed by atoms with Crippen LogP contribution in [0.4, 0.5) is 0 Å². The zero-order valence-corrected chi connectivity index (χ0v) is 62.1. The zero-order valence-electron chi connectivity index (χ0n) is 62.1. The second-order valence-electron chi connectivity index (χ2n) is 30.8. The molecule has 21 rings (SSSR count). The number of hydrogen-bond donors (Lipinski definition) is 0. The van der Waals surface area contributed by atoms with Gasteiger partial charge >= 0.3 is 0 Å². The summed E-state index contributed by atoms with van der Waals surface area (Å²) in [6, 6.07) is 141. The highest BCUT2D eigenvalue weighted by atomic mass is 15.0. The number of fused-ring (bicyclic) bond motifs is 11. The number of rotatable bonds is 10. The lowest BCUT2D eigenvalue weighted by molar-refractivity contribution is 0.590. The first-order valence-corrected chi connectivity index (χ1v) is 38.9. The normalized spacial score (nSPS) is 12.4. The van der Waals surface area contributed by atoms with Crippen LogP contribution in [-0.4, -0.2) is 9.13 Å². The maximum absolute atomic E-state index is 2.43. The van der Waals surface area contributed by atoms with E-state index in [4.69, 9.17) is 0 Å². The van der Waals surface area contributed by atoms with Crippen molar-refractivity contribution >= 4 is 86.7 Å². The van der Waals surface area contributed by atoms with Gasteiger partial charge in [-0.05, 0) is 253 Å². The summed E-state index contributed by atoms with van der Waals surface area (Å²) in [7, 11) is 0. The van der Waals surface area contributed by atoms with Gasteiger partial charge in [-0.15, -0.1) is 0 Å². The average molecular weight is 1410 g/mol. The quantitative estimate of drug-likeness (QED) is 0.121. The van der Waals surface area contributed by atoms with Crippen molar-refractivity contribution < 1.29 is 0 Å². The molecule has 0 amide bonds. The predicted octanol–water partition coefficient (Wildman–Crippen LogP) is 29.7. The highest BCUT2D eigenvalue weighted by Gasteiger charge is 2.23. The lowest BCUT2D eigenvalue weighted by Gasteiger charge is -2.20. The van der Waals surface area contributed by atoms with Gasteiger partial charge in [-0.2, -0.15) is 0 Å². The molecule has 0 saturated heterocycles. The maximum Gasteiger partial charge on any atom is 0.0541 e. The molecule has 2 heterocycles. The summed E-state index contributed by atoms with van der Waals surface area (Å²) in [4.78, 5) is 0. The van der Waals surface area contributed by atoms with Crippen LogP contribution in [0.1, 0.15) is 50.3 Å². The zero-order chi connectivity index (χ0) is 73.4. The molecule has 110 heavy (non-hydrogen) atoms. The number of nitrogens with zero attached hydrogens (tertiary/aromatic N) is 2. The van der Waals surface area contributed by atoms with Crippen LogP contribution in [0, 0.1) is 0 Å². The van der Waals surface area contributed by atoms with E-state index < -0.39 is 0 Å². The van der Waals surface area contributed by atoms with Crippen molar-refractivity contribution in [1.29, 1.82) is 0 Å². The van der Waals surface area contributed by atoms with E-state index >= 15 is 0 Å². The SMILES string of the molecule is CC(C)(C)c1ccc(-c2cccc(-c3ccc4c(c3)c3ccccc3n4-c3ccc(-c4c5ccccc5c(-c5ccccc5)c5ccccc45)cc3)c2)cc1.c1ccc(-c2c3ccccc3c(-c3ccc(-n4c5ccccc5c5cc(-c6cccc(-c7cccc8c7CCCC8)c6)ccc54)cc3)c3ccccc23)cc1. The van der Waals surface area contributed by atoms with Gasteiger partial charge in [-0.25, -0.2) is 0 Å². The lowest BCUT2D eigenvalue weighted by atomic mass is 9.85. The molecule has 1 aliphatic carbocycles. The second kappa shape index (κ2) is 27.4. The Kier molecular flexibility index (Phi) is 16.5. The lowest BCUT2D eigenvalue weighted by Crippen LogP contribution is -2.10. The fourth-order valence-electron chi connectivity index (χ4n) is 18.1. The van der Waals surface area contributed by atoms with Gasteiger partial charge in [0.05, 0.1) is 22.1 Å². The molecule has 2 aromatic heterocycles. The largest absolute Gasteiger partial charge is 0.309 e. The molecule has 0 spiro atoms. The van der Waals surface area contributed by atoms with Crippen molar-refractivity contribution in [2.75, 3.05) is 0 Å². The minimum Gasteiger partial charge on any atom is -0.309 e. The molecule has 0 aliphatic heterocycles. The number of aromatic nitrogens is 2. The van der Waals surface area contributed by atoms with Crippen LogP contribution >= 0.6 is 0 Å². The van der Waals surface area contributed by atoms with Crippen LogP contribution in [0.5, 0.6) is 0 Å². The molecule has 0 bridgehead atoms. The van der Waals surface area contributed by atoms with E-state index in [0.717, 1.165) is 11.4 Å². The van der Waals surface area contributed by atoms with Gasteiger partial charge < -0.3 is 9.13 Å². The molecule has 0 radical (unpaired) electrons. The third-order valence-corrected chi connectivity index (χ3v) is 23.3. The Bertz CT molecular complexity index is 6830. The van der Waals surface area contributed by atoms with Gasteiger partial charge in [0, 0.05) is 32.9 Å². The van der Waals surface area contributed by atoms with Gasteiger partial charge in [0.15, 0.2) is 0 Å². The van der Waals surface area contributed by atoms with Crippen LogP contribution in [0.3, 0.4) is 0 Å². The first-order chi connectivity index (χ1) is 54.2. The van der Waals surface area contributed by atoms with Crippen molar-refractivity contribution in [1.82, 2.24) is 9.13 Å². The first kappa shape index (κ1) is 66.1. The number of hydrogen-bond acceptors (Lipinski definition) is 0. The molecule has 0 fully saturated rings. The smallest absolute Gasteiger partial charge is 0.0541 e. The third kappa shape index (κ3) is 11.6. The minimum atomic E-state index is 0.135. The summed E-state index contributed by atoms with van der Waals surface area (Å²) in [5.74, 6) is 0. The van der Waals surface area contributed by atoms with Crippen LogP contribution in [0.2, 0.25) is 0 Å². The van der Waals surface area contributed by atoms with Crippen molar-refractivity contribution in [3.8, 4) is 100 Å². The molecule has 18 aromatic carbocycles. The van der Waals surface area contributed by atoms with E-state index in [1.54, 1.807) is 5.56 Å². The molecular formula is C108H80N2. The summed E-state index contributed by atoms with van der Waals surface area (Å²) in [6.45, 7) is 6.79. The van der Waals surface area contributed by atoms with Crippen molar-refractivity contribution in [2.24, 2.45) is 0 Å². The highest BCUT2D eigenvalue weighted by molar-refractivity contribution is 6.23. The van der Waals surface area contributed by atoms with E-state index in [1.807, 2.05) is 0 Å². The van der Waals surface area contributed by atoms with Crippen molar-refractivity contribution in [3.05, 3.63) is 399 Å². The van der Waals surface area contributed by atoms with Gasteiger partial charge in [-0.3, -0.25) is 0 Å². The molecule has 0 N–H and O–H groups in total. The summed E-state index contributed by atoms with van der Waals surface area (Å²) in [5, 5.41) is 15.2. The van der Waals surface area contributed by atoms with Crippen LogP contribution in [0.15, 0.2) is 382 Å². The molecule has 0 saturated carbocycles. The summed E-state index contributed by atoms with van der Waals surface area (Å²) in [6.07, 6.45) is 4.95. The van der Waals surface area contributed by atoms with Gasteiger partial charge in [0.2, 0.25) is 0 Å². The second-order valence-corrected chi connectivity index (χ2v) is 30.8. The van der Waals surface area contributed by atoms with E-state index in [0.29, 0.717) is 0 Å². The predicted molar refractivity (Wildman–Crippen MR) is 470 cm³/mol. The molecule has 1 aliphatic rings. The highest BCUT2D eigenvalue weighted by Crippen LogP contribution is 2.48.